The lowest BCUT2D eigenvalue weighted by Gasteiger charge is -2.20. The highest BCUT2D eigenvalue weighted by Gasteiger charge is 2.22. The van der Waals surface area contributed by atoms with E-state index in [-0.39, 0.29) is 6.61 Å². The molecule has 0 radical (unpaired) electrons. The van der Waals surface area contributed by atoms with Gasteiger partial charge in [-0.05, 0) is 31.5 Å². The summed E-state index contributed by atoms with van der Waals surface area (Å²) in [6.45, 7) is 4.50. The van der Waals surface area contributed by atoms with Gasteiger partial charge in [0.15, 0.2) is 0 Å². The molecule has 2 aromatic carbocycles. The number of carbonyl (C=O) groups excluding carboxylic acids is 2. The Hall–Kier alpha value is -2.88. The summed E-state index contributed by atoms with van der Waals surface area (Å²) in [4.78, 5) is 26.4. The molecule has 0 heterocycles. The second-order valence-electron chi connectivity index (χ2n) is 5.08. The Kier molecular flexibility index (Phi) is 6.32. The molecule has 0 unspecified atom stereocenters. The van der Waals surface area contributed by atoms with Gasteiger partial charge in [-0.3, -0.25) is 4.79 Å². The third-order valence-corrected chi connectivity index (χ3v) is 3.50. The number of esters is 1. The summed E-state index contributed by atoms with van der Waals surface area (Å²) in [7, 11) is 0. The van der Waals surface area contributed by atoms with Gasteiger partial charge < -0.3 is 9.64 Å². The number of rotatable bonds is 7. The lowest BCUT2D eigenvalue weighted by Crippen LogP contribution is -2.22. The lowest BCUT2D eigenvalue weighted by atomic mass is 10.0. The molecule has 0 N–H and O–H groups in total. The van der Waals surface area contributed by atoms with Crippen LogP contribution in [-0.2, 0) is 14.3 Å². The molecule has 0 fully saturated rings. The maximum absolute atomic E-state index is 12.5. The molecule has 0 aliphatic carbocycles. The molecule has 4 heteroatoms. The number of Topliss-reactive ketones (excluding diaryl/α,β-unsaturated/α-hetero) is 1. The minimum absolute atomic E-state index is 0.169. The molecule has 0 aliphatic heterocycles. The van der Waals surface area contributed by atoms with Crippen molar-refractivity contribution < 1.29 is 14.3 Å². The van der Waals surface area contributed by atoms with Crippen LogP contribution in [0.25, 0.3) is 5.57 Å². The van der Waals surface area contributed by atoms with E-state index in [0.29, 0.717) is 17.7 Å². The second kappa shape index (κ2) is 8.67. The van der Waals surface area contributed by atoms with Crippen LogP contribution < -0.4 is 4.90 Å². The van der Waals surface area contributed by atoms with Gasteiger partial charge in [0, 0.05) is 18.4 Å². The Morgan fingerprint density at radius 2 is 1.54 bits per heavy atom. The first-order valence-corrected chi connectivity index (χ1v) is 7.97. The van der Waals surface area contributed by atoms with Crippen LogP contribution in [0, 0.1) is 0 Å². The largest absolute Gasteiger partial charge is 0.460 e. The van der Waals surface area contributed by atoms with Gasteiger partial charge in [0.1, 0.15) is 0 Å². The monoisotopic (exact) mass is 323 g/mol. The van der Waals surface area contributed by atoms with Gasteiger partial charge in [0.05, 0.1) is 12.2 Å². The number of para-hydroxylation sites is 1. The molecule has 0 saturated carbocycles. The molecule has 0 aliphatic rings. The maximum atomic E-state index is 12.5. The van der Waals surface area contributed by atoms with Crippen molar-refractivity contribution >= 4 is 23.0 Å². The van der Waals surface area contributed by atoms with Gasteiger partial charge in [0.25, 0.3) is 5.78 Å². The Labute approximate surface area is 142 Å². The number of nitrogens with zero attached hydrogens (tertiary/aromatic N) is 1. The summed E-state index contributed by atoms with van der Waals surface area (Å²) >= 11 is 0. The van der Waals surface area contributed by atoms with Crippen molar-refractivity contribution in [3.8, 4) is 0 Å². The number of ether oxygens (including phenoxy) is 1. The molecule has 0 spiro atoms. The average Bonchev–Trinajstić information content (AvgIpc) is 2.64. The number of hydrogen-bond donors (Lipinski definition) is 0. The Bertz CT molecular complexity index is 708. The van der Waals surface area contributed by atoms with Crippen LogP contribution in [0.2, 0.25) is 0 Å². The normalized spacial score (nSPS) is 11.0. The van der Waals surface area contributed by atoms with Crippen LogP contribution >= 0.6 is 0 Å². The first kappa shape index (κ1) is 17.5. The molecule has 2 rings (SSSR count). The highest BCUT2D eigenvalue weighted by atomic mass is 16.5. The van der Waals surface area contributed by atoms with Crippen molar-refractivity contribution in [1.82, 2.24) is 0 Å². The van der Waals surface area contributed by atoms with Crippen LogP contribution in [-0.4, -0.2) is 24.9 Å². The van der Waals surface area contributed by atoms with Crippen LogP contribution in [0.4, 0.5) is 5.69 Å². The first-order chi connectivity index (χ1) is 11.7. The van der Waals surface area contributed by atoms with Crippen LogP contribution in [0.1, 0.15) is 19.4 Å². The quantitative estimate of drug-likeness (QED) is 0.443. The molecule has 0 amide bonds. The van der Waals surface area contributed by atoms with Crippen molar-refractivity contribution in [2.24, 2.45) is 0 Å². The number of carbonyl (C=O) groups is 2. The summed E-state index contributed by atoms with van der Waals surface area (Å²) < 4.78 is 4.88. The van der Waals surface area contributed by atoms with Crippen molar-refractivity contribution in [3.63, 3.8) is 0 Å². The van der Waals surface area contributed by atoms with E-state index < -0.39 is 11.8 Å². The third-order valence-electron chi connectivity index (χ3n) is 3.50. The summed E-state index contributed by atoms with van der Waals surface area (Å²) in [5.74, 6) is -1.48. The number of anilines is 1. The van der Waals surface area contributed by atoms with E-state index in [4.69, 9.17) is 4.74 Å². The van der Waals surface area contributed by atoms with E-state index in [1.807, 2.05) is 72.5 Å². The summed E-state index contributed by atoms with van der Waals surface area (Å²) in [6.07, 6.45) is 1.71. The van der Waals surface area contributed by atoms with Crippen LogP contribution in [0.5, 0.6) is 0 Å². The summed E-state index contributed by atoms with van der Waals surface area (Å²) in [5.41, 5.74) is 1.95. The van der Waals surface area contributed by atoms with E-state index in [1.165, 1.54) is 0 Å². The van der Waals surface area contributed by atoms with Gasteiger partial charge in [-0.25, -0.2) is 4.79 Å². The Balaban J connectivity index is 2.45. The van der Waals surface area contributed by atoms with Gasteiger partial charge in [0.2, 0.25) is 0 Å². The molecule has 24 heavy (non-hydrogen) atoms. The molecule has 0 atom stereocenters. The molecular formula is C20H21NO3. The van der Waals surface area contributed by atoms with E-state index in [9.17, 15) is 9.59 Å². The zero-order valence-corrected chi connectivity index (χ0v) is 13.9. The molecular weight excluding hydrogens is 302 g/mol. The van der Waals surface area contributed by atoms with E-state index in [2.05, 4.69) is 0 Å². The fourth-order valence-electron chi connectivity index (χ4n) is 2.31. The first-order valence-electron chi connectivity index (χ1n) is 7.97. The van der Waals surface area contributed by atoms with Crippen molar-refractivity contribution in [2.45, 2.75) is 13.8 Å². The fraction of sp³-hybridized carbons (Fsp3) is 0.200. The minimum atomic E-state index is -0.836. The predicted molar refractivity (Wildman–Crippen MR) is 95.5 cm³/mol. The van der Waals surface area contributed by atoms with Crippen molar-refractivity contribution in [1.29, 1.82) is 0 Å². The highest BCUT2D eigenvalue weighted by molar-refractivity contribution is 6.51. The fourth-order valence-corrected chi connectivity index (χ4v) is 2.31. The van der Waals surface area contributed by atoms with Gasteiger partial charge in [-0.1, -0.05) is 48.5 Å². The molecule has 0 saturated heterocycles. The summed E-state index contributed by atoms with van der Waals surface area (Å²) in [6, 6.07) is 18.9. The lowest BCUT2D eigenvalue weighted by molar-refractivity contribution is -0.150. The molecule has 0 bridgehead atoms. The predicted octanol–water partition coefficient (Wildman–Crippen LogP) is 3.69. The average molecular weight is 323 g/mol. The zero-order chi connectivity index (χ0) is 17.4. The highest BCUT2D eigenvalue weighted by Crippen LogP contribution is 2.21. The van der Waals surface area contributed by atoms with Crippen LogP contribution in [0.15, 0.2) is 66.9 Å². The number of ketones is 1. The number of hydrogen-bond acceptors (Lipinski definition) is 4. The maximum Gasteiger partial charge on any atom is 0.379 e. The smallest absolute Gasteiger partial charge is 0.379 e. The minimum Gasteiger partial charge on any atom is -0.460 e. The van der Waals surface area contributed by atoms with Gasteiger partial charge >= 0.3 is 5.97 Å². The Morgan fingerprint density at radius 3 is 2.08 bits per heavy atom. The SMILES string of the molecule is CCOC(=O)C(=O)/C(=C\N(CC)c1ccccc1)c1ccccc1. The van der Waals surface area contributed by atoms with E-state index >= 15 is 0 Å². The Morgan fingerprint density at radius 1 is 0.958 bits per heavy atom. The summed E-state index contributed by atoms with van der Waals surface area (Å²) in [5, 5.41) is 0. The van der Waals surface area contributed by atoms with Gasteiger partial charge in [-0.2, -0.15) is 0 Å². The molecule has 4 nitrogen and oxygen atoms in total. The third kappa shape index (κ3) is 4.32. The van der Waals surface area contributed by atoms with E-state index in [1.54, 1.807) is 13.1 Å². The van der Waals surface area contributed by atoms with Crippen LogP contribution in [0.3, 0.4) is 0 Å². The topological polar surface area (TPSA) is 46.6 Å². The standard InChI is InChI=1S/C20H21NO3/c1-3-21(17-13-9-6-10-14-17)15-18(16-11-7-5-8-12-16)19(22)20(23)24-4-2/h5-15H,3-4H2,1-2H3/b18-15-. The van der Waals surface area contributed by atoms with Gasteiger partial charge in [-0.15, -0.1) is 0 Å². The molecule has 2 aromatic rings. The van der Waals surface area contributed by atoms with Crippen molar-refractivity contribution in [3.05, 3.63) is 72.4 Å². The van der Waals surface area contributed by atoms with Crippen molar-refractivity contribution in [2.75, 3.05) is 18.1 Å². The molecule has 0 aromatic heterocycles. The molecule has 124 valence electrons. The second-order valence-corrected chi connectivity index (χ2v) is 5.08. The zero-order valence-electron chi connectivity index (χ0n) is 13.9. The number of benzene rings is 2. The van der Waals surface area contributed by atoms with E-state index in [0.717, 1.165) is 5.69 Å².